The van der Waals surface area contributed by atoms with Crippen LogP contribution in [0.5, 0.6) is 0 Å². The standard InChI is InChI=1S/C14H26O/c1-8-12(4)9-10-13(5,6)14(7,15)11(2)3/h8-9,11,15H,1,10H2,2-7H3. The van der Waals surface area contributed by atoms with E-state index in [9.17, 15) is 5.11 Å². The van der Waals surface area contributed by atoms with Crippen molar-refractivity contribution in [1.82, 2.24) is 0 Å². The van der Waals surface area contributed by atoms with E-state index < -0.39 is 5.60 Å². The Morgan fingerprint density at radius 2 is 1.80 bits per heavy atom. The fraction of sp³-hybridized carbons (Fsp3) is 0.714. The Morgan fingerprint density at radius 3 is 2.13 bits per heavy atom. The molecule has 0 bridgehead atoms. The first kappa shape index (κ1) is 14.4. The molecule has 1 heteroatoms. The van der Waals surface area contributed by atoms with Crippen LogP contribution in [-0.2, 0) is 0 Å². The molecular weight excluding hydrogens is 184 g/mol. The molecule has 15 heavy (non-hydrogen) atoms. The number of aliphatic hydroxyl groups is 1. The van der Waals surface area contributed by atoms with Gasteiger partial charge in [-0.2, -0.15) is 0 Å². The number of hydrogen-bond donors (Lipinski definition) is 1. The van der Waals surface area contributed by atoms with Crippen molar-refractivity contribution in [3.05, 3.63) is 24.3 Å². The van der Waals surface area contributed by atoms with Gasteiger partial charge >= 0.3 is 0 Å². The van der Waals surface area contributed by atoms with Crippen molar-refractivity contribution in [2.24, 2.45) is 11.3 Å². The first-order chi connectivity index (χ1) is 6.65. The van der Waals surface area contributed by atoms with Crippen molar-refractivity contribution in [3.63, 3.8) is 0 Å². The zero-order chi connectivity index (χ0) is 12.3. The molecular formula is C14H26O. The highest BCUT2D eigenvalue weighted by atomic mass is 16.3. The second kappa shape index (κ2) is 4.98. The van der Waals surface area contributed by atoms with Crippen molar-refractivity contribution >= 4 is 0 Å². The quantitative estimate of drug-likeness (QED) is 0.681. The Morgan fingerprint density at radius 1 is 1.33 bits per heavy atom. The van der Waals surface area contributed by atoms with Gasteiger partial charge in [-0.3, -0.25) is 0 Å². The van der Waals surface area contributed by atoms with Gasteiger partial charge in [-0.05, 0) is 31.6 Å². The zero-order valence-electron chi connectivity index (χ0n) is 11.1. The van der Waals surface area contributed by atoms with Crippen molar-refractivity contribution < 1.29 is 5.11 Å². The minimum Gasteiger partial charge on any atom is -0.389 e. The number of rotatable bonds is 5. The molecule has 1 unspecified atom stereocenters. The highest BCUT2D eigenvalue weighted by Crippen LogP contribution is 2.39. The van der Waals surface area contributed by atoms with E-state index in [2.05, 4.69) is 40.3 Å². The molecule has 0 radical (unpaired) electrons. The van der Waals surface area contributed by atoms with Gasteiger partial charge in [-0.1, -0.05) is 52.0 Å². The maximum atomic E-state index is 10.5. The average molecular weight is 210 g/mol. The fourth-order valence-electron chi connectivity index (χ4n) is 1.49. The molecule has 1 nitrogen and oxygen atoms in total. The molecule has 0 aromatic heterocycles. The van der Waals surface area contributed by atoms with Gasteiger partial charge in [-0.25, -0.2) is 0 Å². The SMILES string of the molecule is C=CC(C)=CCC(C)(C)C(C)(O)C(C)C. The normalized spacial score (nSPS) is 17.7. The predicted octanol–water partition coefficient (Wildman–Crippen LogP) is 3.94. The topological polar surface area (TPSA) is 20.2 Å². The second-order valence-corrected chi connectivity index (χ2v) is 5.54. The molecule has 0 amide bonds. The molecule has 1 N–H and O–H groups in total. The number of allylic oxidation sites excluding steroid dienone is 3. The van der Waals surface area contributed by atoms with Crippen molar-refractivity contribution in [2.45, 2.75) is 53.6 Å². The molecule has 0 aliphatic heterocycles. The minimum atomic E-state index is -0.648. The van der Waals surface area contributed by atoms with Crippen LogP contribution in [0, 0.1) is 11.3 Å². The zero-order valence-corrected chi connectivity index (χ0v) is 11.1. The van der Waals surface area contributed by atoms with Crippen molar-refractivity contribution in [1.29, 1.82) is 0 Å². The maximum Gasteiger partial charge on any atom is 0.0696 e. The van der Waals surface area contributed by atoms with Gasteiger partial charge in [0.1, 0.15) is 0 Å². The van der Waals surface area contributed by atoms with Crippen LogP contribution in [-0.4, -0.2) is 10.7 Å². The van der Waals surface area contributed by atoms with Crippen LogP contribution >= 0.6 is 0 Å². The molecule has 0 rings (SSSR count). The van der Waals surface area contributed by atoms with Gasteiger partial charge in [0.25, 0.3) is 0 Å². The van der Waals surface area contributed by atoms with Crippen LogP contribution in [0.4, 0.5) is 0 Å². The molecule has 0 aliphatic rings. The summed E-state index contributed by atoms with van der Waals surface area (Å²) >= 11 is 0. The van der Waals surface area contributed by atoms with E-state index in [0.29, 0.717) is 0 Å². The third kappa shape index (κ3) is 3.49. The minimum absolute atomic E-state index is 0.120. The van der Waals surface area contributed by atoms with Gasteiger partial charge in [0.05, 0.1) is 5.60 Å². The summed E-state index contributed by atoms with van der Waals surface area (Å²) in [5.41, 5.74) is 0.402. The summed E-state index contributed by atoms with van der Waals surface area (Å²) in [6, 6.07) is 0. The van der Waals surface area contributed by atoms with E-state index in [0.717, 1.165) is 6.42 Å². The molecule has 0 aliphatic carbocycles. The van der Waals surface area contributed by atoms with Crippen LogP contribution < -0.4 is 0 Å². The monoisotopic (exact) mass is 210 g/mol. The summed E-state index contributed by atoms with van der Waals surface area (Å²) in [4.78, 5) is 0. The van der Waals surface area contributed by atoms with Crippen molar-refractivity contribution in [3.8, 4) is 0 Å². The predicted molar refractivity (Wildman–Crippen MR) is 67.8 cm³/mol. The molecule has 0 saturated carbocycles. The summed E-state index contributed by atoms with van der Waals surface area (Å²) < 4.78 is 0. The van der Waals surface area contributed by atoms with E-state index in [1.54, 1.807) is 0 Å². The average Bonchev–Trinajstić information content (AvgIpc) is 2.13. The maximum absolute atomic E-state index is 10.5. The third-order valence-corrected chi connectivity index (χ3v) is 3.75. The summed E-state index contributed by atoms with van der Waals surface area (Å²) in [5, 5.41) is 10.5. The Balaban J connectivity index is 4.75. The lowest BCUT2D eigenvalue weighted by atomic mass is 9.68. The summed E-state index contributed by atoms with van der Waals surface area (Å²) in [6.07, 6.45) is 4.86. The van der Waals surface area contributed by atoms with Gasteiger partial charge in [0.15, 0.2) is 0 Å². The lowest BCUT2D eigenvalue weighted by molar-refractivity contribution is -0.0858. The Labute approximate surface area is 94.9 Å². The molecule has 0 heterocycles. The van der Waals surface area contributed by atoms with Crippen LogP contribution in [0.3, 0.4) is 0 Å². The summed E-state index contributed by atoms with van der Waals surface area (Å²) in [7, 11) is 0. The Kier molecular flexibility index (Phi) is 4.79. The van der Waals surface area contributed by atoms with Crippen LogP contribution in [0.2, 0.25) is 0 Å². The summed E-state index contributed by atoms with van der Waals surface area (Å²) in [6.45, 7) is 16.0. The lowest BCUT2D eigenvalue weighted by Gasteiger charge is -2.43. The molecule has 0 spiro atoms. The van der Waals surface area contributed by atoms with Gasteiger partial charge in [-0.15, -0.1) is 0 Å². The van der Waals surface area contributed by atoms with Crippen LogP contribution in [0.25, 0.3) is 0 Å². The molecule has 0 saturated heterocycles. The number of hydrogen-bond acceptors (Lipinski definition) is 1. The highest BCUT2D eigenvalue weighted by molar-refractivity contribution is 5.14. The van der Waals surface area contributed by atoms with Gasteiger partial charge in [0.2, 0.25) is 0 Å². The van der Waals surface area contributed by atoms with Crippen LogP contribution in [0.1, 0.15) is 48.0 Å². The molecule has 1 atom stereocenters. The lowest BCUT2D eigenvalue weighted by Crippen LogP contribution is -2.46. The van der Waals surface area contributed by atoms with Crippen LogP contribution in [0.15, 0.2) is 24.3 Å². The second-order valence-electron chi connectivity index (χ2n) is 5.54. The van der Waals surface area contributed by atoms with E-state index in [1.165, 1.54) is 5.57 Å². The summed E-state index contributed by atoms with van der Waals surface area (Å²) in [5.74, 6) is 0.255. The first-order valence-electron chi connectivity index (χ1n) is 5.66. The molecule has 0 aromatic rings. The smallest absolute Gasteiger partial charge is 0.0696 e. The first-order valence-corrected chi connectivity index (χ1v) is 5.66. The van der Waals surface area contributed by atoms with E-state index in [4.69, 9.17) is 0 Å². The van der Waals surface area contributed by atoms with E-state index in [-0.39, 0.29) is 11.3 Å². The largest absolute Gasteiger partial charge is 0.389 e. The molecule has 88 valence electrons. The van der Waals surface area contributed by atoms with Gasteiger partial charge < -0.3 is 5.11 Å². The van der Waals surface area contributed by atoms with Crippen molar-refractivity contribution in [2.75, 3.05) is 0 Å². The Hall–Kier alpha value is -0.560. The van der Waals surface area contributed by atoms with E-state index >= 15 is 0 Å². The third-order valence-electron chi connectivity index (χ3n) is 3.75. The molecule has 0 fully saturated rings. The molecule has 0 aromatic carbocycles. The van der Waals surface area contributed by atoms with Gasteiger partial charge in [0, 0.05) is 0 Å². The fourth-order valence-corrected chi connectivity index (χ4v) is 1.49. The highest BCUT2D eigenvalue weighted by Gasteiger charge is 2.40. The van der Waals surface area contributed by atoms with E-state index in [1.807, 2.05) is 19.9 Å². The Bertz CT molecular complexity index is 244.